The Kier molecular flexibility index (Phi) is 3.70. The highest BCUT2D eigenvalue weighted by Gasteiger charge is 2.11. The number of hydrogen-bond donors (Lipinski definition) is 1. The minimum atomic E-state index is 0.207. The third-order valence-electron chi connectivity index (χ3n) is 2.73. The number of hydrogen-bond acceptors (Lipinski definition) is 3. The van der Waals surface area contributed by atoms with E-state index in [4.69, 9.17) is 9.15 Å². The molecule has 3 heteroatoms. The van der Waals surface area contributed by atoms with Crippen LogP contribution in [0.2, 0.25) is 0 Å². The molecular formula is C14H17NO2. The van der Waals surface area contributed by atoms with Crippen molar-refractivity contribution in [2.45, 2.75) is 19.4 Å². The molecule has 2 aromatic rings. The first-order valence-electron chi connectivity index (χ1n) is 5.77. The Morgan fingerprint density at radius 1 is 1.24 bits per heavy atom. The average Bonchev–Trinajstić information content (AvgIpc) is 2.90. The van der Waals surface area contributed by atoms with E-state index in [1.165, 1.54) is 0 Å². The van der Waals surface area contributed by atoms with Crippen LogP contribution in [-0.4, -0.2) is 7.11 Å². The fourth-order valence-corrected chi connectivity index (χ4v) is 1.75. The van der Waals surface area contributed by atoms with E-state index in [2.05, 4.69) is 12.2 Å². The Morgan fingerprint density at radius 2 is 2.00 bits per heavy atom. The Morgan fingerprint density at radius 3 is 2.53 bits per heavy atom. The maximum atomic E-state index is 5.42. The topological polar surface area (TPSA) is 34.4 Å². The van der Waals surface area contributed by atoms with E-state index in [9.17, 15) is 0 Å². The van der Waals surface area contributed by atoms with Crippen LogP contribution in [0.5, 0.6) is 5.75 Å². The molecule has 1 N–H and O–H groups in total. The molecule has 0 saturated carbocycles. The minimum Gasteiger partial charge on any atom is -0.497 e. The smallest absolute Gasteiger partial charge is 0.125 e. The molecule has 3 nitrogen and oxygen atoms in total. The maximum absolute atomic E-state index is 5.42. The second kappa shape index (κ2) is 5.43. The van der Waals surface area contributed by atoms with Gasteiger partial charge in [-0.15, -0.1) is 0 Å². The second-order valence-corrected chi connectivity index (χ2v) is 3.85. The van der Waals surface area contributed by atoms with E-state index < -0.39 is 0 Å². The molecule has 0 aliphatic heterocycles. The summed E-state index contributed by atoms with van der Waals surface area (Å²) in [4.78, 5) is 0. The zero-order valence-electron chi connectivity index (χ0n) is 10.1. The molecule has 1 heterocycles. The molecule has 17 heavy (non-hydrogen) atoms. The van der Waals surface area contributed by atoms with Crippen LogP contribution >= 0.6 is 0 Å². The predicted octanol–water partition coefficient (Wildman–Crippen LogP) is 3.85. The summed E-state index contributed by atoms with van der Waals surface area (Å²) in [5.74, 6) is 1.82. The normalized spacial score (nSPS) is 12.1. The first-order valence-corrected chi connectivity index (χ1v) is 5.77. The summed E-state index contributed by atoms with van der Waals surface area (Å²) in [7, 11) is 1.67. The van der Waals surface area contributed by atoms with Crippen molar-refractivity contribution in [1.82, 2.24) is 0 Å². The summed E-state index contributed by atoms with van der Waals surface area (Å²) in [6.45, 7) is 2.13. The maximum Gasteiger partial charge on any atom is 0.125 e. The zero-order valence-corrected chi connectivity index (χ0v) is 10.1. The Hall–Kier alpha value is -1.90. The minimum absolute atomic E-state index is 0.207. The number of rotatable bonds is 5. The Bertz CT molecular complexity index is 434. The monoisotopic (exact) mass is 231 g/mol. The van der Waals surface area contributed by atoms with Gasteiger partial charge in [-0.3, -0.25) is 0 Å². The van der Waals surface area contributed by atoms with E-state index >= 15 is 0 Å². The standard InChI is InChI=1S/C14H17NO2/c1-3-13(14-5-4-10-17-14)15-11-6-8-12(16-2)9-7-11/h4-10,13,15H,3H2,1-2H3. The van der Waals surface area contributed by atoms with Gasteiger partial charge in [0.05, 0.1) is 19.4 Å². The average molecular weight is 231 g/mol. The lowest BCUT2D eigenvalue weighted by Gasteiger charge is -2.16. The first kappa shape index (κ1) is 11.6. The molecule has 1 atom stereocenters. The van der Waals surface area contributed by atoms with E-state index in [0.717, 1.165) is 23.6 Å². The van der Waals surface area contributed by atoms with Gasteiger partial charge in [0.25, 0.3) is 0 Å². The summed E-state index contributed by atoms with van der Waals surface area (Å²) in [6.07, 6.45) is 2.67. The Labute approximate surface area is 101 Å². The summed E-state index contributed by atoms with van der Waals surface area (Å²) < 4.78 is 10.5. The van der Waals surface area contributed by atoms with Crippen molar-refractivity contribution in [1.29, 1.82) is 0 Å². The van der Waals surface area contributed by atoms with Gasteiger partial charge >= 0.3 is 0 Å². The quantitative estimate of drug-likeness (QED) is 0.848. The first-order chi connectivity index (χ1) is 8.33. The number of ether oxygens (including phenoxy) is 1. The molecule has 0 bridgehead atoms. The van der Waals surface area contributed by atoms with Crippen LogP contribution in [0.4, 0.5) is 5.69 Å². The van der Waals surface area contributed by atoms with Gasteiger partial charge in [-0.1, -0.05) is 6.92 Å². The summed E-state index contributed by atoms with van der Waals surface area (Å²) in [5, 5.41) is 3.43. The molecule has 0 amide bonds. The van der Waals surface area contributed by atoms with Crippen molar-refractivity contribution in [3.63, 3.8) is 0 Å². The van der Waals surface area contributed by atoms with Gasteiger partial charge in [-0.05, 0) is 42.8 Å². The van der Waals surface area contributed by atoms with Crippen molar-refractivity contribution < 1.29 is 9.15 Å². The van der Waals surface area contributed by atoms with Crippen LogP contribution in [-0.2, 0) is 0 Å². The zero-order chi connectivity index (χ0) is 12.1. The van der Waals surface area contributed by atoms with Gasteiger partial charge in [0.2, 0.25) is 0 Å². The third-order valence-corrected chi connectivity index (χ3v) is 2.73. The molecule has 0 fully saturated rings. The van der Waals surface area contributed by atoms with Crippen molar-refractivity contribution in [3.8, 4) is 5.75 Å². The number of methoxy groups -OCH3 is 1. The van der Waals surface area contributed by atoms with E-state index in [0.29, 0.717) is 0 Å². The van der Waals surface area contributed by atoms with Gasteiger partial charge < -0.3 is 14.5 Å². The Balaban J connectivity index is 2.07. The highest BCUT2D eigenvalue weighted by molar-refractivity contribution is 5.47. The van der Waals surface area contributed by atoms with Crippen molar-refractivity contribution in [2.24, 2.45) is 0 Å². The van der Waals surface area contributed by atoms with Crippen molar-refractivity contribution in [2.75, 3.05) is 12.4 Å². The molecule has 0 aliphatic rings. The molecule has 1 aromatic heterocycles. The van der Waals surface area contributed by atoms with E-state index in [-0.39, 0.29) is 6.04 Å². The van der Waals surface area contributed by atoms with Crippen LogP contribution in [0.15, 0.2) is 47.1 Å². The molecular weight excluding hydrogens is 214 g/mol. The lowest BCUT2D eigenvalue weighted by atomic mass is 10.1. The largest absolute Gasteiger partial charge is 0.497 e. The van der Waals surface area contributed by atoms with Crippen LogP contribution in [0.1, 0.15) is 25.1 Å². The molecule has 2 rings (SSSR count). The summed E-state index contributed by atoms with van der Waals surface area (Å²) in [5.41, 5.74) is 1.06. The van der Waals surface area contributed by atoms with E-state index in [1.807, 2.05) is 36.4 Å². The van der Waals surface area contributed by atoms with Gasteiger partial charge in [-0.25, -0.2) is 0 Å². The SMILES string of the molecule is CCC(Nc1ccc(OC)cc1)c1ccco1. The predicted molar refractivity (Wildman–Crippen MR) is 68.4 cm³/mol. The highest BCUT2D eigenvalue weighted by Crippen LogP contribution is 2.24. The molecule has 0 radical (unpaired) electrons. The molecule has 90 valence electrons. The number of nitrogens with one attached hydrogen (secondary N) is 1. The van der Waals surface area contributed by atoms with Gasteiger partial charge in [0, 0.05) is 5.69 Å². The molecule has 0 saturated heterocycles. The summed E-state index contributed by atoms with van der Waals surface area (Å²) in [6, 6.07) is 12.0. The van der Waals surface area contributed by atoms with Gasteiger partial charge in [0.1, 0.15) is 11.5 Å². The van der Waals surface area contributed by atoms with Gasteiger partial charge in [-0.2, -0.15) is 0 Å². The molecule has 0 spiro atoms. The molecule has 0 aliphatic carbocycles. The highest BCUT2D eigenvalue weighted by atomic mass is 16.5. The van der Waals surface area contributed by atoms with Crippen LogP contribution in [0.25, 0.3) is 0 Å². The van der Waals surface area contributed by atoms with Gasteiger partial charge in [0.15, 0.2) is 0 Å². The lowest BCUT2D eigenvalue weighted by molar-refractivity contribution is 0.415. The molecule has 1 aromatic carbocycles. The van der Waals surface area contributed by atoms with Crippen LogP contribution < -0.4 is 10.1 Å². The lowest BCUT2D eigenvalue weighted by Crippen LogP contribution is -2.08. The van der Waals surface area contributed by atoms with E-state index in [1.54, 1.807) is 13.4 Å². The van der Waals surface area contributed by atoms with Crippen molar-refractivity contribution in [3.05, 3.63) is 48.4 Å². The van der Waals surface area contributed by atoms with Crippen LogP contribution in [0, 0.1) is 0 Å². The second-order valence-electron chi connectivity index (χ2n) is 3.85. The molecule has 1 unspecified atom stereocenters. The van der Waals surface area contributed by atoms with Crippen LogP contribution in [0.3, 0.4) is 0 Å². The fraction of sp³-hybridized carbons (Fsp3) is 0.286. The number of benzene rings is 1. The number of furan rings is 1. The number of anilines is 1. The summed E-state index contributed by atoms with van der Waals surface area (Å²) >= 11 is 0. The fourth-order valence-electron chi connectivity index (χ4n) is 1.75. The van der Waals surface area contributed by atoms with Crippen molar-refractivity contribution >= 4 is 5.69 Å². The third kappa shape index (κ3) is 2.81.